The molecule has 0 aliphatic carbocycles. The highest BCUT2D eigenvalue weighted by Gasteiger charge is 2.29. The average molecular weight is 346 g/mol. The summed E-state index contributed by atoms with van der Waals surface area (Å²) in [5.41, 5.74) is 0. The molecule has 24 heavy (non-hydrogen) atoms. The molecule has 1 unspecified atom stereocenters. The van der Waals surface area contributed by atoms with Crippen molar-refractivity contribution in [2.24, 2.45) is 0 Å². The van der Waals surface area contributed by atoms with E-state index in [0.717, 1.165) is 30.4 Å². The van der Waals surface area contributed by atoms with Crippen LogP contribution < -0.4 is 0 Å². The van der Waals surface area contributed by atoms with Crippen molar-refractivity contribution in [2.45, 2.75) is 50.9 Å². The monoisotopic (exact) mass is 346 g/mol. The van der Waals surface area contributed by atoms with Crippen LogP contribution in [0.1, 0.15) is 31.5 Å². The number of amides is 1. The highest BCUT2D eigenvalue weighted by Crippen LogP contribution is 2.19. The highest BCUT2D eigenvalue weighted by atomic mass is 19.4. The molecule has 0 bridgehead atoms. The van der Waals surface area contributed by atoms with E-state index in [1.54, 1.807) is 0 Å². The first-order valence-electron chi connectivity index (χ1n) is 8.27. The fourth-order valence-electron chi connectivity index (χ4n) is 3.13. The van der Waals surface area contributed by atoms with E-state index in [1.165, 1.54) is 12.4 Å². The Bertz CT molecular complexity index is 542. The summed E-state index contributed by atoms with van der Waals surface area (Å²) in [6, 6.07) is 0.480. The van der Waals surface area contributed by atoms with Gasteiger partial charge in [-0.3, -0.25) is 4.79 Å². The lowest BCUT2D eigenvalue weighted by Crippen LogP contribution is -2.34. The largest absolute Gasteiger partial charge is 0.406 e. The molecule has 1 amide bonds. The van der Waals surface area contributed by atoms with Gasteiger partial charge in [-0.1, -0.05) is 0 Å². The van der Waals surface area contributed by atoms with Crippen molar-refractivity contribution in [1.29, 1.82) is 0 Å². The SMILES string of the molecule is CN(C)C1CCCN(C(=O)CCc2nccn2CC(F)(F)F)CC1. The normalized spacial score (nSPS) is 19.6. The number of hydrogen-bond acceptors (Lipinski definition) is 3. The number of carbonyl (C=O) groups is 1. The molecule has 2 heterocycles. The second-order valence-corrected chi connectivity index (χ2v) is 6.52. The first-order chi connectivity index (χ1) is 11.3. The van der Waals surface area contributed by atoms with Crippen LogP contribution in [0.5, 0.6) is 0 Å². The van der Waals surface area contributed by atoms with Gasteiger partial charge in [0.1, 0.15) is 12.4 Å². The van der Waals surface area contributed by atoms with Crippen LogP contribution in [-0.2, 0) is 17.8 Å². The predicted octanol–water partition coefficient (Wildman–Crippen LogP) is 2.32. The fraction of sp³-hybridized carbons (Fsp3) is 0.750. The number of alkyl halides is 3. The van der Waals surface area contributed by atoms with Crippen LogP contribution in [0.2, 0.25) is 0 Å². The van der Waals surface area contributed by atoms with E-state index in [-0.39, 0.29) is 18.7 Å². The van der Waals surface area contributed by atoms with Crippen molar-refractivity contribution in [3.8, 4) is 0 Å². The number of aryl methyl sites for hydroxylation is 1. The summed E-state index contributed by atoms with van der Waals surface area (Å²) in [5.74, 6) is 0.303. The minimum Gasteiger partial charge on any atom is -0.343 e. The van der Waals surface area contributed by atoms with Gasteiger partial charge in [0.05, 0.1) is 0 Å². The van der Waals surface area contributed by atoms with Gasteiger partial charge in [-0.2, -0.15) is 13.2 Å². The van der Waals surface area contributed by atoms with E-state index in [0.29, 0.717) is 18.4 Å². The van der Waals surface area contributed by atoms with Gasteiger partial charge in [-0.15, -0.1) is 0 Å². The molecule has 1 atom stereocenters. The van der Waals surface area contributed by atoms with Gasteiger partial charge in [0.15, 0.2) is 0 Å². The third-order valence-electron chi connectivity index (χ3n) is 4.49. The molecule has 2 rings (SSSR count). The zero-order chi connectivity index (χ0) is 17.7. The van der Waals surface area contributed by atoms with E-state index < -0.39 is 12.7 Å². The number of imidazole rings is 1. The molecule has 136 valence electrons. The van der Waals surface area contributed by atoms with Gasteiger partial charge in [-0.25, -0.2) is 4.98 Å². The molecule has 0 spiro atoms. The second kappa shape index (κ2) is 8.00. The van der Waals surface area contributed by atoms with E-state index in [1.807, 2.05) is 19.0 Å². The summed E-state index contributed by atoms with van der Waals surface area (Å²) < 4.78 is 38.6. The number of halogens is 3. The molecule has 1 aromatic rings. The summed E-state index contributed by atoms with van der Waals surface area (Å²) >= 11 is 0. The van der Waals surface area contributed by atoms with Crippen LogP contribution in [0, 0.1) is 0 Å². The van der Waals surface area contributed by atoms with Gasteiger partial charge in [0.2, 0.25) is 5.91 Å². The highest BCUT2D eigenvalue weighted by molar-refractivity contribution is 5.76. The van der Waals surface area contributed by atoms with Gasteiger partial charge in [0.25, 0.3) is 0 Å². The number of hydrogen-bond donors (Lipinski definition) is 0. The molecule has 0 saturated carbocycles. The zero-order valence-corrected chi connectivity index (χ0v) is 14.2. The Hall–Kier alpha value is -1.57. The smallest absolute Gasteiger partial charge is 0.343 e. The van der Waals surface area contributed by atoms with Crippen LogP contribution in [0.25, 0.3) is 0 Å². The summed E-state index contributed by atoms with van der Waals surface area (Å²) in [7, 11) is 4.09. The Balaban J connectivity index is 1.86. The van der Waals surface area contributed by atoms with E-state index in [9.17, 15) is 18.0 Å². The molecule has 0 N–H and O–H groups in total. The van der Waals surface area contributed by atoms with Crippen molar-refractivity contribution in [3.63, 3.8) is 0 Å². The summed E-state index contributed by atoms with van der Waals surface area (Å²) in [6.07, 6.45) is 1.74. The molecule has 0 radical (unpaired) electrons. The minimum absolute atomic E-state index is 0.00374. The van der Waals surface area contributed by atoms with Crippen molar-refractivity contribution < 1.29 is 18.0 Å². The van der Waals surface area contributed by atoms with Gasteiger partial charge >= 0.3 is 6.18 Å². The van der Waals surface area contributed by atoms with Crippen molar-refractivity contribution in [2.75, 3.05) is 27.2 Å². The maximum atomic E-state index is 12.5. The zero-order valence-electron chi connectivity index (χ0n) is 14.2. The van der Waals surface area contributed by atoms with Gasteiger partial charge in [0, 0.05) is 44.4 Å². The molecule has 8 heteroatoms. The third-order valence-corrected chi connectivity index (χ3v) is 4.49. The van der Waals surface area contributed by atoms with Gasteiger partial charge in [-0.05, 0) is 33.4 Å². The third kappa shape index (κ3) is 5.51. The Morgan fingerprint density at radius 3 is 2.75 bits per heavy atom. The molecule has 1 aliphatic rings. The van der Waals surface area contributed by atoms with Crippen LogP contribution in [0.4, 0.5) is 13.2 Å². The molecular weight excluding hydrogens is 321 g/mol. The maximum Gasteiger partial charge on any atom is 0.406 e. The molecule has 1 fully saturated rings. The minimum atomic E-state index is -4.29. The molecule has 1 aliphatic heterocycles. The average Bonchev–Trinajstić information content (AvgIpc) is 2.75. The Morgan fingerprint density at radius 2 is 2.08 bits per heavy atom. The van der Waals surface area contributed by atoms with Crippen molar-refractivity contribution in [1.82, 2.24) is 19.4 Å². The van der Waals surface area contributed by atoms with Crippen LogP contribution >= 0.6 is 0 Å². The standard InChI is InChI=1S/C16H25F3N4O/c1-21(2)13-4-3-9-22(10-7-13)15(24)6-5-14-20-8-11-23(14)12-16(17,18)19/h8,11,13H,3-7,9-10,12H2,1-2H3. The Kier molecular flexibility index (Phi) is 6.26. The van der Waals surface area contributed by atoms with Crippen LogP contribution in [0.15, 0.2) is 12.4 Å². The number of rotatable bonds is 5. The molecule has 1 aromatic heterocycles. The van der Waals surface area contributed by atoms with Gasteiger partial charge < -0.3 is 14.4 Å². The molecule has 5 nitrogen and oxygen atoms in total. The van der Waals surface area contributed by atoms with Crippen LogP contribution in [0.3, 0.4) is 0 Å². The topological polar surface area (TPSA) is 41.4 Å². The summed E-state index contributed by atoms with van der Waals surface area (Å²) in [4.78, 5) is 20.3. The first kappa shape index (κ1) is 18.8. The van der Waals surface area contributed by atoms with Crippen molar-refractivity contribution in [3.05, 3.63) is 18.2 Å². The Morgan fingerprint density at radius 1 is 1.33 bits per heavy atom. The number of likely N-dealkylation sites (tertiary alicyclic amines) is 1. The van der Waals surface area contributed by atoms with E-state index >= 15 is 0 Å². The number of nitrogens with zero attached hydrogens (tertiary/aromatic N) is 4. The van der Waals surface area contributed by atoms with E-state index in [4.69, 9.17) is 0 Å². The summed E-state index contributed by atoms with van der Waals surface area (Å²) in [6.45, 7) is 0.365. The van der Waals surface area contributed by atoms with Crippen LogP contribution in [-0.4, -0.2) is 64.7 Å². The predicted molar refractivity (Wildman–Crippen MR) is 84.5 cm³/mol. The van der Waals surface area contributed by atoms with E-state index in [2.05, 4.69) is 9.88 Å². The molecule has 1 saturated heterocycles. The molecule has 0 aromatic carbocycles. The maximum absolute atomic E-state index is 12.5. The lowest BCUT2D eigenvalue weighted by atomic mass is 10.1. The number of aromatic nitrogens is 2. The molecular formula is C16H25F3N4O. The quantitative estimate of drug-likeness (QED) is 0.822. The van der Waals surface area contributed by atoms with Crippen molar-refractivity contribution >= 4 is 5.91 Å². The number of carbonyl (C=O) groups excluding carboxylic acids is 1. The lowest BCUT2D eigenvalue weighted by Gasteiger charge is -2.23. The second-order valence-electron chi connectivity index (χ2n) is 6.52. The first-order valence-corrected chi connectivity index (χ1v) is 8.27. The Labute approximate surface area is 140 Å². The fourth-order valence-corrected chi connectivity index (χ4v) is 3.13. The lowest BCUT2D eigenvalue weighted by molar-refractivity contribution is -0.141. The summed E-state index contributed by atoms with van der Waals surface area (Å²) in [5, 5.41) is 0.